The molecule has 0 unspecified atom stereocenters. The first kappa shape index (κ1) is 9.85. The van der Waals surface area contributed by atoms with Crippen LogP contribution in [0.15, 0.2) is 54.6 Å². The summed E-state index contributed by atoms with van der Waals surface area (Å²) in [6, 6.07) is 17.0. The fourth-order valence-corrected chi connectivity index (χ4v) is 2.22. The Hall–Kier alpha value is -2.35. The zero-order valence-corrected chi connectivity index (χ0v) is 9.01. The fourth-order valence-electron chi connectivity index (χ4n) is 2.22. The highest BCUT2D eigenvalue weighted by atomic mass is 16.4. The van der Waals surface area contributed by atoms with Gasteiger partial charge in [-0.05, 0) is 21.5 Å². The van der Waals surface area contributed by atoms with Gasteiger partial charge >= 0.3 is 0 Å². The quantitative estimate of drug-likeness (QED) is 0.592. The van der Waals surface area contributed by atoms with Gasteiger partial charge in [0.1, 0.15) is 0 Å². The average molecular weight is 221 g/mol. The lowest BCUT2D eigenvalue weighted by Crippen LogP contribution is -2.22. The van der Waals surface area contributed by atoms with Gasteiger partial charge in [0.15, 0.2) is 0 Å². The highest BCUT2D eigenvalue weighted by Gasteiger charge is 2.04. The molecule has 3 rings (SSSR count). The Morgan fingerprint density at radius 2 is 1.53 bits per heavy atom. The predicted molar refractivity (Wildman–Crippen MR) is 65.8 cm³/mol. The van der Waals surface area contributed by atoms with E-state index in [4.69, 9.17) is 0 Å². The molecule has 2 heteroatoms. The van der Waals surface area contributed by atoms with E-state index >= 15 is 0 Å². The number of benzene rings is 3. The van der Waals surface area contributed by atoms with Gasteiger partial charge in [-0.3, -0.25) is 0 Å². The monoisotopic (exact) mass is 221 g/mol. The summed E-state index contributed by atoms with van der Waals surface area (Å²) in [5, 5.41) is 14.9. The number of carboxylic acids is 1. The van der Waals surface area contributed by atoms with Gasteiger partial charge in [0, 0.05) is 5.56 Å². The molecule has 17 heavy (non-hydrogen) atoms. The molecule has 0 radical (unpaired) electrons. The van der Waals surface area contributed by atoms with Crippen LogP contribution in [0.2, 0.25) is 0 Å². The van der Waals surface area contributed by atoms with E-state index in [0.717, 1.165) is 21.5 Å². The zero-order chi connectivity index (χ0) is 11.8. The Bertz CT molecular complexity index is 729. The molecule has 0 saturated carbocycles. The molecule has 0 bridgehead atoms. The molecule has 0 aliphatic carbocycles. The lowest BCUT2D eigenvalue weighted by atomic mass is 9.98. The van der Waals surface area contributed by atoms with Gasteiger partial charge in [-0.15, -0.1) is 0 Å². The maximum atomic E-state index is 11.0. The molecule has 82 valence electrons. The van der Waals surface area contributed by atoms with Crippen molar-refractivity contribution in [2.75, 3.05) is 0 Å². The topological polar surface area (TPSA) is 40.1 Å². The summed E-state index contributed by atoms with van der Waals surface area (Å²) in [4.78, 5) is 11.0. The molecule has 3 aromatic carbocycles. The first-order valence-corrected chi connectivity index (χ1v) is 5.39. The molecule has 0 spiro atoms. The van der Waals surface area contributed by atoms with Crippen LogP contribution in [0.4, 0.5) is 0 Å². The molecule has 0 aromatic heterocycles. The Morgan fingerprint density at radius 3 is 2.35 bits per heavy atom. The lowest BCUT2D eigenvalue weighted by molar-refractivity contribution is -0.254. The van der Waals surface area contributed by atoms with Crippen molar-refractivity contribution in [3.05, 3.63) is 60.2 Å². The van der Waals surface area contributed by atoms with Crippen molar-refractivity contribution in [2.45, 2.75) is 0 Å². The highest BCUT2D eigenvalue weighted by Crippen LogP contribution is 2.27. The van der Waals surface area contributed by atoms with Gasteiger partial charge < -0.3 is 9.90 Å². The number of fused-ring (bicyclic) bond motifs is 3. The lowest BCUT2D eigenvalue weighted by Gasteiger charge is -2.09. The Morgan fingerprint density at radius 1 is 0.765 bits per heavy atom. The molecule has 0 N–H and O–H groups in total. The second-order valence-electron chi connectivity index (χ2n) is 3.97. The van der Waals surface area contributed by atoms with E-state index in [2.05, 4.69) is 0 Å². The molecule has 0 atom stereocenters. The Balaban J connectivity index is 2.52. The molecule has 0 heterocycles. The summed E-state index contributed by atoms with van der Waals surface area (Å²) in [7, 11) is 0. The summed E-state index contributed by atoms with van der Waals surface area (Å²) in [6.45, 7) is 0. The van der Waals surface area contributed by atoms with Crippen LogP contribution in [-0.4, -0.2) is 5.97 Å². The first-order chi connectivity index (χ1) is 8.27. The molecular weight excluding hydrogens is 212 g/mol. The molecule has 0 fully saturated rings. The highest BCUT2D eigenvalue weighted by molar-refractivity contribution is 6.13. The Labute approximate surface area is 98.1 Å². The van der Waals surface area contributed by atoms with E-state index in [0.29, 0.717) is 0 Å². The molecule has 3 aromatic rings. The van der Waals surface area contributed by atoms with E-state index in [1.807, 2.05) is 42.5 Å². The minimum Gasteiger partial charge on any atom is -0.545 e. The number of carboxylic acid groups (broad SMARTS) is 1. The molecule has 0 amide bonds. The third kappa shape index (κ3) is 1.46. The summed E-state index contributed by atoms with van der Waals surface area (Å²) in [6.07, 6.45) is 0. The average Bonchev–Trinajstić information content (AvgIpc) is 2.37. The van der Waals surface area contributed by atoms with Crippen LogP contribution in [0.5, 0.6) is 0 Å². The van der Waals surface area contributed by atoms with E-state index in [-0.39, 0.29) is 5.56 Å². The van der Waals surface area contributed by atoms with E-state index < -0.39 is 5.97 Å². The van der Waals surface area contributed by atoms with Crippen molar-refractivity contribution < 1.29 is 9.90 Å². The van der Waals surface area contributed by atoms with Crippen LogP contribution in [0, 0.1) is 0 Å². The number of carbonyl (C=O) groups is 1. The van der Waals surface area contributed by atoms with Crippen LogP contribution >= 0.6 is 0 Å². The second kappa shape index (κ2) is 3.59. The van der Waals surface area contributed by atoms with Crippen molar-refractivity contribution in [1.82, 2.24) is 0 Å². The second-order valence-corrected chi connectivity index (χ2v) is 3.97. The molecule has 0 aliphatic rings. The molecule has 0 aliphatic heterocycles. The van der Waals surface area contributed by atoms with E-state index in [1.165, 1.54) is 0 Å². The summed E-state index contributed by atoms with van der Waals surface area (Å²) in [5.74, 6) is -1.13. The van der Waals surface area contributed by atoms with Crippen molar-refractivity contribution in [3.63, 3.8) is 0 Å². The molecular formula is C15H9O2-. The largest absolute Gasteiger partial charge is 0.545 e. The van der Waals surface area contributed by atoms with Crippen molar-refractivity contribution in [3.8, 4) is 0 Å². The fraction of sp³-hybridized carbons (Fsp3) is 0. The summed E-state index contributed by atoms with van der Waals surface area (Å²) < 4.78 is 0. The minimum absolute atomic E-state index is 0.244. The number of hydrogen-bond acceptors (Lipinski definition) is 2. The zero-order valence-electron chi connectivity index (χ0n) is 9.01. The SMILES string of the molecule is O=C([O-])c1cccc2c1ccc1ccccc12. The van der Waals surface area contributed by atoms with E-state index in [1.54, 1.807) is 12.1 Å². The number of aromatic carboxylic acids is 1. The normalized spacial score (nSPS) is 10.8. The third-order valence-electron chi connectivity index (χ3n) is 3.01. The van der Waals surface area contributed by atoms with Gasteiger partial charge in [-0.25, -0.2) is 0 Å². The molecule has 2 nitrogen and oxygen atoms in total. The van der Waals surface area contributed by atoms with Gasteiger partial charge in [-0.1, -0.05) is 54.6 Å². The van der Waals surface area contributed by atoms with Crippen LogP contribution < -0.4 is 5.11 Å². The maximum absolute atomic E-state index is 11.0. The maximum Gasteiger partial charge on any atom is 0.0721 e. The summed E-state index contributed by atoms with van der Waals surface area (Å²) in [5.41, 5.74) is 0.244. The number of carbonyl (C=O) groups excluding carboxylic acids is 1. The van der Waals surface area contributed by atoms with Crippen molar-refractivity contribution in [2.24, 2.45) is 0 Å². The standard InChI is InChI=1S/C15H10O2/c16-15(17)14-7-3-6-12-11-5-2-1-4-10(11)8-9-13(12)14/h1-9H,(H,16,17)/p-1. The summed E-state index contributed by atoms with van der Waals surface area (Å²) >= 11 is 0. The van der Waals surface area contributed by atoms with Crippen LogP contribution in [0.25, 0.3) is 21.5 Å². The minimum atomic E-state index is -1.13. The van der Waals surface area contributed by atoms with Crippen molar-refractivity contribution in [1.29, 1.82) is 0 Å². The van der Waals surface area contributed by atoms with Gasteiger partial charge in [0.2, 0.25) is 0 Å². The smallest absolute Gasteiger partial charge is 0.0721 e. The number of hydrogen-bond donors (Lipinski definition) is 0. The molecule has 0 saturated heterocycles. The van der Waals surface area contributed by atoms with Crippen LogP contribution in [0.3, 0.4) is 0 Å². The van der Waals surface area contributed by atoms with Crippen molar-refractivity contribution >= 4 is 27.5 Å². The van der Waals surface area contributed by atoms with Gasteiger partial charge in [0.05, 0.1) is 5.97 Å². The van der Waals surface area contributed by atoms with Crippen LogP contribution in [0.1, 0.15) is 10.4 Å². The van der Waals surface area contributed by atoms with Crippen LogP contribution in [-0.2, 0) is 0 Å². The Kier molecular flexibility index (Phi) is 2.08. The first-order valence-electron chi connectivity index (χ1n) is 5.39. The van der Waals surface area contributed by atoms with E-state index in [9.17, 15) is 9.90 Å². The van der Waals surface area contributed by atoms with Gasteiger partial charge in [-0.2, -0.15) is 0 Å². The van der Waals surface area contributed by atoms with Gasteiger partial charge in [0.25, 0.3) is 0 Å². The number of rotatable bonds is 1. The third-order valence-corrected chi connectivity index (χ3v) is 3.01. The predicted octanol–water partition coefficient (Wildman–Crippen LogP) is 2.36.